The second-order valence-corrected chi connectivity index (χ2v) is 4.64. The highest BCUT2D eigenvalue weighted by Crippen LogP contribution is 2.12. The fraction of sp³-hybridized carbons (Fsp3) is 0.188. The number of imidazole rings is 1. The Balaban J connectivity index is 1.80. The van der Waals surface area contributed by atoms with E-state index >= 15 is 0 Å². The smallest absolute Gasteiger partial charge is 0.338 e. The predicted octanol–water partition coefficient (Wildman–Crippen LogP) is 2.66. The van der Waals surface area contributed by atoms with Gasteiger partial charge >= 0.3 is 5.97 Å². The minimum absolute atomic E-state index is 0.293. The Kier molecular flexibility index (Phi) is 3.64. The van der Waals surface area contributed by atoms with Crippen LogP contribution in [0.15, 0.2) is 48.9 Å². The number of benzene rings is 1. The molecule has 3 rings (SSSR count). The van der Waals surface area contributed by atoms with Crippen molar-refractivity contribution in [3.63, 3.8) is 0 Å². The van der Waals surface area contributed by atoms with E-state index in [1.165, 1.54) is 0 Å². The van der Waals surface area contributed by atoms with Crippen molar-refractivity contribution >= 4 is 17.1 Å². The van der Waals surface area contributed by atoms with Gasteiger partial charge in [0, 0.05) is 6.20 Å². The highest BCUT2D eigenvalue weighted by molar-refractivity contribution is 5.89. The van der Waals surface area contributed by atoms with Gasteiger partial charge in [-0.15, -0.1) is 0 Å². The maximum absolute atomic E-state index is 11.6. The maximum atomic E-state index is 11.6. The molecule has 3 aromatic rings. The van der Waals surface area contributed by atoms with Gasteiger partial charge in [-0.3, -0.25) is 0 Å². The van der Waals surface area contributed by atoms with Crippen molar-refractivity contribution in [2.45, 2.75) is 13.5 Å². The van der Waals surface area contributed by atoms with E-state index in [9.17, 15) is 4.79 Å². The van der Waals surface area contributed by atoms with Gasteiger partial charge in [0.2, 0.25) is 0 Å². The summed E-state index contributed by atoms with van der Waals surface area (Å²) in [5.41, 5.74) is 3.37. The first-order valence-electron chi connectivity index (χ1n) is 6.80. The largest absolute Gasteiger partial charge is 0.462 e. The number of ether oxygens (including phenoxy) is 1. The van der Waals surface area contributed by atoms with E-state index in [1.807, 2.05) is 28.8 Å². The van der Waals surface area contributed by atoms with Crippen LogP contribution in [0.25, 0.3) is 11.2 Å². The van der Waals surface area contributed by atoms with Crippen LogP contribution in [0.1, 0.15) is 22.8 Å². The van der Waals surface area contributed by atoms with E-state index in [0.717, 1.165) is 16.7 Å². The van der Waals surface area contributed by atoms with Crippen LogP contribution in [0.5, 0.6) is 0 Å². The van der Waals surface area contributed by atoms with Crippen molar-refractivity contribution in [3.8, 4) is 0 Å². The summed E-state index contributed by atoms with van der Waals surface area (Å²) in [5, 5.41) is 0. The lowest BCUT2D eigenvalue weighted by Gasteiger charge is -2.05. The number of nitrogens with zero attached hydrogens (tertiary/aromatic N) is 3. The predicted molar refractivity (Wildman–Crippen MR) is 79.0 cm³/mol. The summed E-state index contributed by atoms with van der Waals surface area (Å²) in [6.45, 7) is 2.84. The van der Waals surface area contributed by atoms with Gasteiger partial charge in [-0.2, -0.15) is 0 Å². The molecule has 0 atom stereocenters. The quantitative estimate of drug-likeness (QED) is 0.690. The highest BCUT2D eigenvalue weighted by atomic mass is 16.5. The lowest BCUT2D eigenvalue weighted by atomic mass is 10.1. The zero-order valence-electron chi connectivity index (χ0n) is 11.7. The average Bonchev–Trinajstić information content (AvgIpc) is 2.92. The van der Waals surface area contributed by atoms with E-state index in [4.69, 9.17) is 4.74 Å². The molecule has 0 bridgehead atoms. The SMILES string of the molecule is CCOC(=O)c1ccc(Cn2cnc3cccnc32)cc1. The lowest BCUT2D eigenvalue weighted by Crippen LogP contribution is -2.05. The summed E-state index contributed by atoms with van der Waals surface area (Å²) in [7, 11) is 0. The fourth-order valence-corrected chi connectivity index (χ4v) is 2.17. The van der Waals surface area contributed by atoms with Crippen molar-refractivity contribution in [2.75, 3.05) is 6.61 Å². The number of carbonyl (C=O) groups excluding carboxylic acids is 1. The Hall–Kier alpha value is -2.69. The van der Waals surface area contributed by atoms with Crippen LogP contribution in [0.3, 0.4) is 0 Å². The van der Waals surface area contributed by atoms with E-state index in [1.54, 1.807) is 31.6 Å². The number of hydrogen-bond donors (Lipinski definition) is 0. The van der Waals surface area contributed by atoms with Gasteiger partial charge in [0.15, 0.2) is 5.65 Å². The first-order valence-corrected chi connectivity index (χ1v) is 6.80. The summed E-state index contributed by atoms with van der Waals surface area (Å²) in [6, 6.07) is 11.2. The molecule has 0 unspecified atom stereocenters. The molecule has 5 heteroatoms. The molecule has 1 aromatic carbocycles. The summed E-state index contributed by atoms with van der Waals surface area (Å²) >= 11 is 0. The minimum atomic E-state index is -0.293. The zero-order chi connectivity index (χ0) is 14.7. The Labute approximate surface area is 122 Å². The second kappa shape index (κ2) is 5.75. The fourth-order valence-electron chi connectivity index (χ4n) is 2.17. The monoisotopic (exact) mass is 281 g/mol. The number of pyridine rings is 1. The summed E-state index contributed by atoms with van der Waals surface area (Å²) in [5.74, 6) is -0.293. The molecular weight excluding hydrogens is 266 g/mol. The maximum Gasteiger partial charge on any atom is 0.338 e. The standard InChI is InChI=1S/C16H15N3O2/c1-2-21-16(20)13-7-5-12(6-8-13)10-19-11-18-14-4-3-9-17-15(14)19/h3-9,11H,2,10H2,1H3. The molecule has 0 radical (unpaired) electrons. The van der Waals surface area contributed by atoms with Crippen LogP contribution in [0, 0.1) is 0 Å². The first kappa shape index (κ1) is 13.3. The molecule has 106 valence electrons. The number of hydrogen-bond acceptors (Lipinski definition) is 4. The molecule has 5 nitrogen and oxygen atoms in total. The Bertz CT molecular complexity index is 763. The second-order valence-electron chi connectivity index (χ2n) is 4.64. The van der Waals surface area contributed by atoms with Gasteiger partial charge in [0.1, 0.15) is 5.52 Å². The van der Waals surface area contributed by atoms with E-state index in [0.29, 0.717) is 18.7 Å². The molecule has 0 amide bonds. The molecule has 0 saturated heterocycles. The molecule has 0 aliphatic carbocycles. The number of carbonyl (C=O) groups is 1. The van der Waals surface area contributed by atoms with Crippen LogP contribution in [0.2, 0.25) is 0 Å². The van der Waals surface area contributed by atoms with Gasteiger partial charge in [-0.1, -0.05) is 12.1 Å². The van der Waals surface area contributed by atoms with Gasteiger partial charge in [0.05, 0.1) is 25.0 Å². The van der Waals surface area contributed by atoms with Crippen LogP contribution in [-0.2, 0) is 11.3 Å². The molecule has 21 heavy (non-hydrogen) atoms. The summed E-state index contributed by atoms with van der Waals surface area (Å²) < 4.78 is 6.95. The van der Waals surface area contributed by atoms with E-state index in [2.05, 4.69) is 9.97 Å². The van der Waals surface area contributed by atoms with Gasteiger partial charge in [-0.25, -0.2) is 14.8 Å². The number of aromatic nitrogens is 3. The summed E-state index contributed by atoms with van der Waals surface area (Å²) in [4.78, 5) is 20.2. The Morgan fingerprint density at radius 3 is 2.76 bits per heavy atom. The average molecular weight is 281 g/mol. The van der Waals surface area contributed by atoms with Crippen LogP contribution >= 0.6 is 0 Å². The van der Waals surface area contributed by atoms with Gasteiger partial charge < -0.3 is 9.30 Å². The van der Waals surface area contributed by atoms with Crippen molar-refractivity contribution in [3.05, 3.63) is 60.0 Å². The Morgan fingerprint density at radius 2 is 2.00 bits per heavy atom. The number of esters is 1. The van der Waals surface area contributed by atoms with Crippen LogP contribution in [0.4, 0.5) is 0 Å². The Morgan fingerprint density at radius 1 is 1.19 bits per heavy atom. The minimum Gasteiger partial charge on any atom is -0.462 e. The topological polar surface area (TPSA) is 57.0 Å². The first-order chi connectivity index (χ1) is 10.3. The third kappa shape index (κ3) is 2.76. The third-order valence-corrected chi connectivity index (χ3v) is 3.19. The molecule has 0 spiro atoms. The normalized spacial score (nSPS) is 10.7. The van der Waals surface area contributed by atoms with Crippen LogP contribution < -0.4 is 0 Å². The molecule has 0 saturated carbocycles. The highest BCUT2D eigenvalue weighted by Gasteiger charge is 2.07. The van der Waals surface area contributed by atoms with Crippen molar-refractivity contribution in [2.24, 2.45) is 0 Å². The lowest BCUT2D eigenvalue weighted by molar-refractivity contribution is 0.0526. The molecule has 0 aliphatic heterocycles. The van der Waals surface area contributed by atoms with E-state index in [-0.39, 0.29) is 5.97 Å². The molecule has 2 heterocycles. The van der Waals surface area contributed by atoms with Crippen molar-refractivity contribution in [1.29, 1.82) is 0 Å². The molecule has 2 aromatic heterocycles. The summed E-state index contributed by atoms with van der Waals surface area (Å²) in [6.07, 6.45) is 3.53. The van der Waals surface area contributed by atoms with Crippen LogP contribution in [-0.4, -0.2) is 27.1 Å². The zero-order valence-corrected chi connectivity index (χ0v) is 11.7. The molecule has 0 aliphatic rings. The molecular formula is C16H15N3O2. The van der Waals surface area contributed by atoms with E-state index < -0.39 is 0 Å². The van der Waals surface area contributed by atoms with Gasteiger partial charge in [-0.05, 0) is 36.8 Å². The molecule has 0 fully saturated rings. The van der Waals surface area contributed by atoms with Gasteiger partial charge in [0.25, 0.3) is 0 Å². The molecule has 0 N–H and O–H groups in total. The van der Waals surface area contributed by atoms with Crippen molar-refractivity contribution < 1.29 is 9.53 Å². The third-order valence-electron chi connectivity index (χ3n) is 3.19. The number of fused-ring (bicyclic) bond motifs is 1. The van der Waals surface area contributed by atoms with Crippen molar-refractivity contribution in [1.82, 2.24) is 14.5 Å². The number of rotatable bonds is 4.